The summed E-state index contributed by atoms with van der Waals surface area (Å²) in [6.45, 7) is -0.676. The van der Waals surface area contributed by atoms with E-state index in [9.17, 15) is 9.59 Å². The van der Waals surface area contributed by atoms with Crippen LogP contribution in [0.25, 0.3) is 0 Å². The normalized spacial score (nSPS) is 9.38. The van der Waals surface area contributed by atoms with E-state index in [4.69, 9.17) is 25.2 Å². The standard InChI is InChI=1S/C13H15N3O5/c1-19-8-5-9(12(15)10(6-8)20-2)13(18)21-7-11(17)16-4-3-14/h5-6H,4,7,15H2,1-2H3,(H,16,17). The Balaban J connectivity index is 2.82. The van der Waals surface area contributed by atoms with Crippen molar-refractivity contribution in [2.75, 3.05) is 33.1 Å². The number of methoxy groups -OCH3 is 2. The topological polar surface area (TPSA) is 124 Å². The molecule has 8 nitrogen and oxygen atoms in total. The first-order chi connectivity index (χ1) is 10.0. The van der Waals surface area contributed by atoms with Gasteiger partial charge in [-0.2, -0.15) is 5.26 Å². The summed E-state index contributed by atoms with van der Waals surface area (Å²) in [5, 5.41) is 10.5. The van der Waals surface area contributed by atoms with Crippen LogP contribution >= 0.6 is 0 Å². The largest absolute Gasteiger partial charge is 0.497 e. The Morgan fingerprint density at radius 3 is 2.62 bits per heavy atom. The number of benzene rings is 1. The second-order valence-corrected chi connectivity index (χ2v) is 3.80. The van der Waals surface area contributed by atoms with E-state index in [1.807, 2.05) is 0 Å². The van der Waals surface area contributed by atoms with Crippen molar-refractivity contribution in [2.45, 2.75) is 0 Å². The number of nitriles is 1. The fraction of sp³-hybridized carbons (Fsp3) is 0.308. The van der Waals surface area contributed by atoms with Gasteiger partial charge in [0, 0.05) is 6.07 Å². The lowest BCUT2D eigenvalue weighted by molar-refractivity contribution is -0.123. The third kappa shape index (κ3) is 4.28. The molecule has 21 heavy (non-hydrogen) atoms. The number of anilines is 1. The third-order valence-corrected chi connectivity index (χ3v) is 2.49. The number of carbonyl (C=O) groups is 2. The maximum Gasteiger partial charge on any atom is 0.341 e. The molecule has 1 amide bonds. The molecule has 112 valence electrons. The molecule has 0 heterocycles. The molecule has 0 aliphatic rings. The molecule has 0 radical (unpaired) electrons. The number of ether oxygens (including phenoxy) is 3. The Labute approximate surface area is 121 Å². The van der Waals surface area contributed by atoms with E-state index in [-0.39, 0.29) is 23.5 Å². The van der Waals surface area contributed by atoms with Gasteiger partial charge >= 0.3 is 5.97 Å². The minimum Gasteiger partial charge on any atom is -0.497 e. The number of amides is 1. The van der Waals surface area contributed by atoms with Crippen molar-refractivity contribution in [1.82, 2.24) is 5.32 Å². The lowest BCUT2D eigenvalue weighted by atomic mass is 10.1. The predicted octanol–water partition coefficient (Wildman–Crippen LogP) is 0.0826. The zero-order valence-corrected chi connectivity index (χ0v) is 11.6. The zero-order valence-electron chi connectivity index (χ0n) is 11.6. The summed E-state index contributed by atoms with van der Waals surface area (Å²) in [6.07, 6.45) is 0. The minimum atomic E-state index is -0.795. The molecule has 0 saturated heterocycles. The van der Waals surface area contributed by atoms with E-state index in [0.29, 0.717) is 5.75 Å². The Hall–Kier alpha value is -2.95. The van der Waals surface area contributed by atoms with Crippen molar-refractivity contribution in [3.8, 4) is 17.6 Å². The summed E-state index contributed by atoms with van der Waals surface area (Å²) >= 11 is 0. The summed E-state index contributed by atoms with van der Waals surface area (Å²) in [5.74, 6) is -0.757. The summed E-state index contributed by atoms with van der Waals surface area (Å²) in [7, 11) is 2.82. The molecule has 3 N–H and O–H groups in total. The Kier molecular flexibility index (Phi) is 5.82. The van der Waals surface area contributed by atoms with Gasteiger partial charge in [0.15, 0.2) is 6.61 Å². The average molecular weight is 293 g/mol. The first-order valence-corrected chi connectivity index (χ1v) is 5.85. The van der Waals surface area contributed by atoms with Crippen LogP contribution in [0.3, 0.4) is 0 Å². The monoisotopic (exact) mass is 293 g/mol. The number of nitrogens with one attached hydrogen (secondary N) is 1. The smallest absolute Gasteiger partial charge is 0.341 e. The van der Waals surface area contributed by atoms with Crippen molar-refractivity contribution < 1.29 is 23.8 Å². The number of rotatable bonds is 6. The zero-order chi connectivity index (χ0) is 15.8. The van der Waals surface area contributed by atoms with Crippen molar-refractivity contribution in [2.24, 2.45) is 0 Å². The van der Waals surface area contributed by atoms with Gasteiger partial charge in [-0.1, -0.05) is 0 Å². The molecule has 0 bridgehead atoms. The quantitative estimate of drug-likeness (QED) is 0.432. The highest BCUT2D eigenvalue weighted by Crippen LogP contribution is 2.31. The second-order valence-electron chi connectivity index (χ2n) is 3.80. The first kappa shape index (κ1) is 16.1. The molecular weight excluding hydrogens is 278 g/mol. The highest BCUT2D eigenvalue weighted by molar-refractivity contribution is 5.98. The molecule has 0 spiro atoms. The van der Waals surface area contributed by atoms with E-state index in [1.54, 1.807) is 6.07 Å². The van der Waals surface area contributed by atoms with Crippen LogP contribution in [0.15, 0.2) is 12.1 Å². The van der Waals surface area contributed by atoms with Crippen molar-refractivity contribution in [3.05, 3.63) is 17.7 Å². The molecule has 0 aliphatic carbocycles. The third-order valence-electron chi connectivity index (χ3n) is 2.49. The van der Waals surface area contributed by atoms with Crippen LogP contribution in [-0.2, 0) is 9.53 Å². The molecule has 1 aromatic rings. The molecule has 0 atom stereocenters. The van der Waals surface area contributed by atoms with Crippen molar-refractivity contribution >= 4 is 17.6 Å². The van der Waals surface area contributed by atoms with Crippen LogP contribution in [-0.4, -0.2) is 39.2 Å². The highest BCUT2D eigenvalue weighted by Gasteiger charge is 2.18. The van der Waals surface area contributed by atoms with Gasteiger partial charge in [0.05, 0.1) is 31.5 Å². The lowest BCUT2D eigenvalue weighted by Crippen LogP contribution is -2.29. The maximum atomic E-state index is 11.9. The van der Waals surface area contributed by atoms with E-state index in [1.165, 1.54) is 26.4 Å². The van der Waals surface area contributed by atoms with Gasteiger partial charge in [-0.25, -0.2) is 4.79 Å². The summed E-state index contributed by atoms with van der Waals surface area (Å²) < 4.78 is 14.9. The highest BCUT2D eigenvalue weighted by atomic mass is 16.5. The molecular formula is C13H15N3O5. The van der Waals surface area contributed by atoms with Gasteiger partial charge in [0.2, 0.25) is 0 Å². The minimum absolute atomic E-state index is 0.0271. The van der Waals surface area contributed by atoms with Gasteiger partial charge in [-0.15, -0.1) is 0 Å². The fourth-order valence-corrected chi connectivity index (χ4v) is 1.45. The van der Waals surface area contributed by atoms with Crippen LogP contribution < -0.4 is 20.5 Å². The van der Waals surface area contributed by atoms with Crippen LogP contribution in [0, 0.1) is 11.3 Å². The van der Waals surface area contributed by atoms with E-state index in [0.717, 1.165) is 0 Å². The number of carbonyl (C=O) groups excluding carboxylic acids is 2. The number of hydrogen-bond acceptors (Lipinski definition) is 7. The SMILES string of the molecule is COc1cc(OC)c(N)c(C(=O)OCC(=O)NCC#N)c1. The van der Waals surface area contributed by atoms with Gasteiger partial charge in [-0.3, -0.25) is 4.79 Å². The van der Waals surface area contributed by atoms with Gasteiger partial charge in [0.25, 0.3) is 5.91 Å². The van der Waals surface area contributed by atoms with Crippen LogP contribution in [0.2, 0.25) is 0 Å². The van der Waals surface area contributed by atoms with E-state index < -0.39 is 18.5 Å². The van der Waals surface area contributed by atoms with E-state index in [2.05, 4.69) is 5.32 Å². The summed E-state index contributed by atoms with van der Waals surface area (Å²) in [6, 6.07) is 4.63. The molecule has 0 unspecified atom stereocenters. The Bertz CT molecular complexity index is 580. The Morgan fingerprint density at radius 2 is 2.05 bits per heavy atom. The first-order valence-electron chi connectivity index (χ1n) is 5.85. The van der Waals surface area contributed by atoms with Gasteiger partial charge in [-0.05, 0) is 6.07 Å². The molecule has 1 rings (SSSR count). The molecule has 8 heteroatoms. The Morgan fingerprint density at radius 1 is 1.33 bits per heavy atom. The molecule has 0 aromatic heterocycles. The maximum absolute atomic E-state index is 11.9. The molecule has 1 aromatic carbocycles. The predicted molar refractivity (Wildman–Crippen MR) is 72.9 cm³/mol. The molecule has 0 saturated carbocycles. The lowest BCUT2D eigenvalue weighted by Gasteiger charge is -2.12. The van der Waals surface area contributed by atoms with Crippen LogP contribution in [0.5, 0.6) is 11.5 Å². The molecule has 0 aliphatic heterocycles. The number of esters is 1. The van der Waals surface area contributed by atoms with Gasteiger partial charge in [0.1, 0.15) is 18.0 Å². The van der Waals surface area contributed by atoms with Gasteiger partial charge < -0.3 is 25.3 Å². The van der Waals surface area contributed by atoms with Crippen LogP contribution in [0.4, 0.5) is 5.69 Å². The molecule has 0 fully saturated rings. The fourth-order valence-electron chi connectivity index (χ4n) is 1.45. The number of nitrogens with two attached hydrogens (primary N) is 1. The average Bonchev–Trinajstić information content (AvgIpc) is 2.50. The number of nitrogen functional groups attached to an aromatic ring is 1. The van der Waals surface area contributed by atoms with Crippen molar-refractivity contribution in [3.63, 3.8) is 0 Å². The summed E-state index contributed by atoms with van der Waals surface area (Å²) in [4.78, 5) is 23.2. The number of hydrogen-bond donors (Lipinski definition) is 2. The van der Waals surface area contributed by atoms with E-state index >= 15 is 0 Å². The second kappa shape index (κ2) is 7.59. The number of nitrogens with zero attached hydrogens (tertiary/aromatic N) is 1. The summed E-state index contributed by atoms with van der Waals surface area (Å²) in [5.41, 5.74) is 5.89. The van der Waals surface area contributed by atoms with Crippen LogP contribution in [0.1, 0.15) is 10.4 Å². The van der Waals surface area contributed by atoms with Crippen molar-refractivity contribution in [1.29, 1.82) is 5.26 Å².